The first-order chi connectivity index (χ1) is 46.4. The number of phenolic OH excluding ortho intramolecular Hbond substituents is 5. The van der Waals surface area contributed by atoms with E-state index in [0.29, 0.717) is 34.2 Å². The Labute approximate surface area is 604 Å². The van der Waals surface area contributed by atoms with Crippen LogP contribution in [0.4, 0.5) is 28.4 Å². The maximum atomic E-state index is 10.9. The van der Waals surface area contributed by atoms with Gasteiger partial charge < -0.3 is 42.3 Å². The zero-order chi connectivity index (χ0) is 72.0. The van der Waals surface area contributed by atoms with Gasteiger partial charge in [0, 0.05) is 41.5 Å². The summed E-state index contributed by atoms with van der Waals surface area (Å²) < 4.78 is 0. The van der Waals surface area contributed by atoms with Gasteiger partial charge in [0.1, 0.15) is 45.8 Å². The number of rotatable bonds is 9. The number of aromatic hydroxyl groups is 5. The average Bonchev–Trinajstić information content (AvgIpc) is 0.804. The standard InChI is InChI=1S/C23H26N2O.C17H20N2O.C13H12N2O.C11H17NO.C7H9NO.C6H5NO.C6H5.CH4.Li/c1-16-14-18(23(2,3)4)22(26)20(15-16)25-21(17-10-6-5-7-11-17)19-12-8-9-13-24-19;1-12-9-14(17(2,3)4)16(20)15(10-12)19-11-13-7-5-6-8-18-13;1-10-5-6-13(16)12(8-10)15-9-11-4-2-3-7-14-11;1-7-5-8(11(2,3)4)10(13)9(12)6-7;1-5-2-3-7(9)6(8)4-5;8-5-6-3-1-2-4-7-6;1-2-4-6-5-3-1;;/h5-15,21,25-26H,1-4H3;5-11,20H,1-4H3;2-9,16H,1H3;5-6,13H,12H2,1-4H3;2-4,9H,8H2,1H3;1-5H;1-5H;1H4;/q;;;;;;-1;;+1. The molecule has 0 aliphatic carbocycles. The zero-order valence-corrected chi connectivity index (χ0v) is 59.7. The molecule has 0 bridgehead atoms. The van der Waals surface area contributed by atoms with Crippen molar-refractivity contribution in [2.24, 2.45) is 9.98 Å². The predicted octanol–water partition coefficient (Wildman–Crippen LogP) is 16.5. The van der Waals surface area contributed by atoms with E-state index in [4.69, 9.17) is 16.6 Å². The Kier molecular flexibility index (Phi) is 34.0. The molecule has 15 nitrogen and oxygen atoms in total. The van der Waals surface area contributed by atoms with Crippen LogP contribution in [0.2, 0.25) is 0 Å². The maximum absolute atomic E-state index is 10.9. The van der Waals surface area contributed by atoms with E-state index in [2.05, 4.69) is 129 Å². The van der Waals surface area contributed by atoms with Crippen LogP contribution in [0.5, 0.6) is 28.7 Å². The molecule has 0 aliphatic heterocycles. The first-order valence-corrected chi connectivity index (χ1v) is 32.0. The van der Waals surface area contributed by atoms with Gasteiger partial charge in [-0.2, -0.15) is 36.4 Å². The van der Waals surface area contributed by atoms with Crippen molar-refractivity contribution in [2.45, 2.75) is 127 Å². The molecule has 0 radical (unpaired) electrons. The summed E-state index contributed by atoms with van der Waals surface area (Å²) in [6.45, 7) is 28.7. The van der Waals surface area contributed by atoms with Crippen molar-refractivity contribution in [1.29, 1.82) is 0 Å². The molecule has 0 amide bonds. The number of aliphatic imine (C=N–C) groups is 2. The van der Waals surface area contributed by atoms with E-state index in [1.165, 1.54) is 0 Å². The Morgan fingerprint density at radius 2 is 0.840 bits per heavy atom. The quantitative estimate of drug-likeness (QED) is 0.0167. The second-order valence-corrected chi connectivity index (χ2v) is 26.2. The molecule has 16 heteroatoms. The maximum Gasteiger partial charge on any atom is 1.00 e. The first kappa shape index (κ1) is 83.4. The van der Waals surface area contributed by atoms with Crippen molar-refractivity contribution in [3.05, 3.63) is 310 Å². The second-order valence-electron chi connectivity index (χ2n) is 26.2. The number of anilines is 3. The summed E-state index contributed by atoms with van der Waals surface area (Å²) in [7, 11) is 0. The molecule has 1 atom stereocenters. The number of pyridine rings is 4. The molecule has 0 spiro atoms. The summed E-state index contributed by atoms with van der Waals surface area (Å²) in [6.07, 6.45) is 10.8. The summed E-state index contributed by atoms with van der Waals surface area (Å²) in [5.41, 5.74) is 25.7. The van der Waals surface area contributed by atoms with Crippen molar-refractivity contribution in [3.63, 3.8) is 0 Å². The molecule has 4 aromatic heterocycles. The van der Waals surface area contributed by atoms with Crippen LogP contribution < -0.4 is 35.6 Å². The Bertz CT molecular complexity index is 4210. The van der Waals surface area contributed by atoms with E-state index >= 15 is 0 Å². The third-order valence-electron chi connectivity index (χ3n) is 14.4. The molecule has 100 heavy (non-hydrogen) atoms. The van der Waals surface area contributed by atoms with Crippen LogP contribution >= 0.6 is 0 Å². The molecule has 0 fully saturated rings. The van der Waals surface area contributed by atoms with E-state index in [1.54, 1.807) is 79.7 Å². The number of carbonyl (C=O) groups is 1. The van der Waals surface area contributed by atoms with E-state index < -0.39 is 0 Å². The van der Waals surface area contributed by atoms with E-state index in [1.807, 2.05) is 173 Å². The van der Waals surface area contributed by atoms with E-state index in [9.17, 15) is 25.2 Å². The summed E-state index contributed by atoms with van der Waals surface area (Å²) in [5, 5.41) is 53.1. The van der Waals surface area contributed by atoms with Crippen LogP contribution in [0, 0.1) is 40.7 Å². The average molecular weight is 1340 g/mol. The van der Waals surface area contributed by atoms with Gasteiger partial charge in [0.2, 0.25) is 0 Å². The van der Waals surface area contributed by atoms with Crippen LogP contribution in [0.15, 0.2) is 241 Å². The monoisotopic (exact) mass is 1340 g/mol. The molecule has 7 aromatic carbocycles. The minimum absolute atomic E-state index is 0. The normalized spacial score (nSPS) is 10.9. The summed E-state index contributed by atoms with van der Waals surface area (Å²) in [4.78, 5) is 35.1. The minimum atomic E-state index is -0.141. The Hall–Kier alpha value is -10.9. The molecule has 0 saturated carbocycles. The number of hydrogen-bond donors (Lipinski definition) is 8. The number of carbonyl (C=O) groups excluding carboxylic acids is 1. The van der Waals surface area contributed by atoms with Gasteiger partial charge in [-0.3, -0.25) is 34.7 Å². The third-order valence-corrected chi connectivity index (χ3v) is 14.4. The third kappa shape index (κ3) is 28.3. The number of aryl methyl sites for hydroxylation is 5. The van der Waals surface area contributed by atoms with Gasteiger partial charge in [0.05, 0.1) is 52.6 Å². The molecule has 11 aromatic rings. The van der Waals surface area contributed by atoms with E-state index in [-0.39, 0.29) is 71.6 Å². The van der Waals surface area contributed by atoms with Gasteiger partial charge in [0.15, 0.2) is 6.29 Å². The molecule has 516 valence electrons. The molecule has 11 rings (SSSR count). The topological polar surface area (TPSA) is 259 Å². The van der Waals surface area contributed by atoms with Crippen LogP contribution in [0.25, 0.3) is 0 Å². The number of benzene rings is 7. The fraction of sp³-hybridized carbons (Fsp3) is 0.226. The molecule has 0 aliphatic rings. The number of hydrogen-bond acceptors (Lipinski definition) is 15. The molecule has 0 saturated heterocycles. The van der Waals surface area contributed by atoms with Gasteiger partial charge in [-0.15, -0.1) is 0 Å². The molecule has 1 unspecified atom stereocenters. The van der Waals surface area contributed by atoms with E-state index in [0.717, 1.165) is 79.1 Å². The number of nitrogens with two attached hydrogens (primary N) is 2. The Balaban J connectivity index is 0.000000317. The van der Waals surface area contributed by atoms with Crippen molar-refractivity contribution >= 4 is 47.2 Å². The summed E-state index contributed by atoms with van der Waals surface area (Å²) >= 11 is 0. The predicted molar refractivity (Wildman–Crippen MR) is 410 cm³/mol. The van der Waals surface area contributed by atoms with Gasteiger partial charge in [-0.25, -0.2) is 0 Å². The van der Waals surface area contributed by atoms with Crippen LogP contribution in [-0.2, 0) is 16.2 Å². The number of nitrogen functional groups attached to an aromatic ring is 2. The van der Waals surface area contributed by atoms with Gasteiger partial charge in [-0.1, -0.05) is 155 Å². The van der Waals surface area contributed by atoms with Crippen molar-refractivity contribution in [2.75, 3.05) is 16.8 Å². The fourth-order valence-electron chi connectivity index (χ4n) is 9.32. The SMILES string of the molecule is C.Cc1cc(N)c(O)c(C(C)(C)C)c1.Cc1cc(N=Cc2ccccn2)c(O)c(C(C)(C)C)c1.Cc1cc(NC(c2ccccc2)c2ccccn2)c(O)c(C(C)(C)C)c1.Cc1ccc(O)c(N)c1.Cc1ccc(O)c(N=Cc2ccccn2)c1.O=Cc1ccccn1.[Li+].[c-]1ccccc1. The van der Waals surface area contributed by atoms with Gasteiger partial charge in [-0.05, 0) is 175 Å². The van der Waals surface area contributed by atoms with Crippen LogP contribution in [0.1, 0.15) is 153 Å². The zero-order valence-electron chi connectivity index (χ0n) is 59.7. The largest absolute Gasteiger partial charge is 1.00 e. The number of aldehydes is 1. The summed E-state index contributed by atoms with van der Waals surface area (Å²) in [5.74, 6) is 1.10. The number of nitrogens with one attached hydrogen (secondary N) is 1. The van der Waals surface area contributed by atoms with Crippen molar-refractivity contribution in [3.8, 4) is 28.7 Å². The van der Waals surface area contributed by atoms with Crippen LogP contribution in [-0.4, -0.2) is 64.2 Å². The Morgan fingerprint density at radius 3 is 1.27 bits per heavy atom. The second kappa shape index (κ2) is 40.8. The Morgan fingerprint density at radius 1 is 0.430 bits per heavy atom. The smallest absolute Gasteiger partial charge is 0.506 e. The number of aromatic nitrogens is 4. The molecular formula is C84H98LiN9O6. The fourth-order valence-corrected chi connectivity index (χ4v) is 9.32. The van der Waals surface area contributed by atoms with Crippen LogP contribution in [0.3, 0.4) is 0 Å². The van der Waals surface area contributed by atoms with Gasteiger partial charge >= 0.3 is 18.9 Å². The number of nitrogens with zero attached hydrogens (tertiary/aromatic N) is 6. The van der Waals surface area contributed by atoms with Crippen molar-refractivity contribution < 1.29 is 49.2 Å². The first-order valence-electron chi connectivity index (χ1n) is 32.0. The molecular weight excluding hydrogens is 1240 g/mol. The molecule has 10 N–H and O–H groups in total. The number of phenols is 5. The van der Waals surface area contributed by atoms with Crippen molar-refractivity contribution in [1.82, 2.24) is 19.9 Å². The summed E-state index contributed by atoms with van der Waals surface area (Å²) in [6, 6.07) is 67.0. The van der Waals surface area contributed by atoms with Gasteiger partial charge in [0.25, 0.3) is 0 Å². The molecule has 4 heterocycles. The minimum Gasteiger partial charge on any atom is -0.506 e.